The van der Waals surface area contributed by atoms with Crippen molar-refractivity contribution < 1.29 is 9.53 Å². The maximum Gasteiger partial charge on any atom is 0.172 e. The number of benzene rings is 1. The molecule has 1 atom stereocenters. The van der Waals surface area contributed by atoms with Crippen LogP contribution in [0, 0.1) is 12.8 Å². The highest BCUT2D eigenvalue weighted by Gasteiger charge is 2.11. The number of ether oxygens (including phenoxy) is 1. The number of carbonyl (C=O) groups is 1. The van der Waals surface area contributed by atoms with E-state index >= 15 is 0 Å². The van der Waals surface area contributed by atoms with Gasteiger partial charge in [0.15, 0.2) is 5.78 Å². The molecule has 0 amide bonds. The fourth-order valence-electron chi connectivity index (χ4n) is 1.70. The molecule has 0 saturated carbocycles. The lowest BCUT2D eigenvalue weighted by Crippen LogP contribution is -2.18. The second kappa shape index (κ2) is 6.66. The quantitative estimate of drug-likeness (QED) is 0.803. The lowest BCUT2D eigenvalue weighted by atomic mass is 10.0. The Morgan fingerprint density at radius 1 is 1.35 bits per heavy atom. The summed E-state index contributed by atoms with van der Waals surface area (Å²) in [6.45, 7) is 6.07. The number of hydrogen-bond donors (Lipinski definition) is 0. The highest BCUT2D eigenvalue weighted by atomic mass is 32.1. The third-order valence-corrected chi connectivity index (χ3v) is 4.27. The molecule has 0 aliphatic rings. The molecule has 0 aliphatic heterocycles. The van der Waals surface area contributed by atoms with Crippen LogP contribution in [0.25, 0.3) is 10.6 Å². The molecular formula is C16H19NO2S. The largest absolute Gasteiger partial charge is 0.486 e. The average Bonchev–Trinajstić information content (AvgIpc) is 2.91. The molecule has 4 heteroatoms. The van der Waals surface area contributed by atoms with Gasteiger partial charge in [-0.05, 0) is 37.6 Å². The predicted molar refractivity (Wildman–Crippen MR) is 82.2 cm³/mol. The summed E-state index contributed by atoms with van der Waals surface area (Å²) in [5, 5.41) is 3.04. The first-order chi connectivity index (χ1) is 9.60. The first-order valence-electron chi connectivity index (χ1n) is 6.78. The normalized spacial score (nSPS) is 12.2. The zero-order valence-corrected chi connectivity index (χ0v) is 12.9. The van der Waals surface area contributed by atoms with E-state index in [9.17, 15) is 4.79 Å². The van der Waals surface area contributed by atoms with Gasteiger partial charge in [0.1, 0.15) is 17.4 Å². The number of nitrogens with zero attached hydrogens (tertiary/aromatic N) is 1. The smallest absolute Gasteiger partial charge is 0.172 e. The van der Waals surface area contributed by atoms with E-state index in [0.717, 1.165) is 28.4 Å². The van der Waals surface area contributed by atoms with Crippen molar-refractivity contribution in [3.8, 4) is 16.3 Å². The van der Waals surface area contributed by atoms with E-state index < -0.39 is 0 Å². The van der Waals surface area contributed by atoms with E-state index in [4.69, 9.17) is 4.74 Å². The fourth-order valence-corrected chi connectivity index (χ4v) is 2.51. The molecule has 0 fully saturated rings. The molecule has 2 rings (SSSR count). The number of Topliss-reactive ketones (excluding diaryl/α,β-unsaturated/α-hetero) is 1. The number of carbonyl (C=O) groups excluding carboxylic acids is 1. The van der Waals surface area contributed by atoms with Crippen molar-refractivity contribution in [2.45, 2.75) is 27.2 Å². The Morgan fingerprint density at radius 2 is 2.05 bits per heavy atom. The van der Waals surface area contributed by atoms with E-state index in [0.29, 0.717) is 0 Å². The zero-order chi connectivity index (χ0) is 14.5. The van der Waals surface area contributed by atoms with Crippen molar-refractivity contribution in [1.82, 2.24) is 4.98 Å². The molecule has 3 nitrogen and oxygen atoms in total. The predicted octanol–water partition coefficient (Wildman–Crippen LogP) is 4.11. The molecule has 2 aromatic rings. The van der Waals surface area contributed by atoms with Crippen LogP contribution in [0.5, 0.6) is 5.75 Å². The SMILES string of the molecule is CCC(C)C(=O)COc1ccc(-c2nc(C)cs2)cc1. The van der Waals surface area contributed by atoms with Gasteiger partial charge >= 0.3 is 0 Å². The van der Waals surface area contributed by atoms with Gasteiger partial charge in [-0.3, -0.25) is 4.79 Å². The second-order valence-electron chi connectivity index (χ2n) is 4.88. The van der Waals surface area contributed by atoms with E-state index in [-0.39, 0.29) is 18.3 Å². The van der Waals surface area contributed by atoms with Crippen molar-refractivity contribution in [3.05, 3.63) is 35.3 Å². The average molecular weight is 289 g/mol. The maximum atomic E-state index is 11.7. The first kappa shape index (κ1) is 14.7. The summed E-state index contributed by atoms with van der Waals surface area (Å²) in [7, 11) is 0. The highest BCUT2D eigenvalue weighted by Crippen LogP contribution is 2.25. The zero-order valence-electron chi connectivity index (χ0n) is 12.1. The van der Waals surface area contributed by atoms with Crippen LogP contribution in [0.3, 0.4) is 0 Å². The van der Waals surface area contributed by atoms with Gasteiger partial charge in [-0.15, -0.1) is 11.3 Å². The van der Waals surface area contributed by atoms with Gasteiger partial charge in [0.2, 0.25) is 0 Å². The van der Waals surface area contributed by atoms with Crippen LogP contribution in [0.15, 0.2) is 29.6 Å². The molecule has 1 unspecified atom stereocenters. The monoisotopic (exact) mass is 289 g/mol. The Hall–Kier alpha value is -1.68. The Labute approximate surface area is 123 Å². The van der Waals surface area contributed by atoms with Crippen LogP contribution >= 0.6 is 11.3 Å². The lowest BCUT2D eigenvalue weighted by molar-refractivity contribution is -0.124. The topological polar surface area (TPSA) is 39.2 Å². The van der Waals surface area contributed by atoms with Gasteiger partial charge in [0.25, 0.3) is 0 Å². The third-order valence-electron chi connectivity index (χ3n) is 3.26. The molecular weight excluding hydrogens is 270 g/mol. The summed E-state index contributed by atoms with van der Waals surface area (Å²) >= 11 is 1.63. The van der Waals surface area contributed by atoms with Crippen LogP contribution < -0.4 is 4.74 Å². The molecule has 0 N–H and O–H groups in total. The second-order valence-corrected chi connectivity index (χ2v) is 5.74. The van der Waals surface area contributed by atoms with Crippen molar-refractivity contribution in [2.24, 2.45) is 5.92 Å². The van der Waals surface area contributed by atoms with Gasteiger partial charge in [0.05, 0.1) is 0 Å². The van der Waals surface area contributed by atoms with Gasteiger partial charge in [-0.25, -0.2) is 4.98 Å². The minimum absolute atomic E-state index is 0.0626. The van der Waals surface area contributed by atoms with Crippen LogP contribution in [-0.4, -0.2) is 17.4 Å². The Morgan fingerprint density at radius 3 is 2.60 bits per heavy atom. The number of ketones is 1. The summed E-state index contributed by atoms with van der Waals surface area (Å²) in [6, 6.07) is 7.72. The van der Waals surface area contributed by atoms with E-state index in [1.165, 1.54) is 0 Å². The number of rotatable bonds is 6. The lowest BCUT2D eigenvalue weighted by Gasteiger charge is -2.09. The molecule has 0 radical (unpaired) electrons. The summed E-state index contributed by atoms with van der Waals surface area (Å²) in [5.74, 6) is 0.929. The molecule has 1 aromatic carbocycles. The van der Waals surface area contributed by atoms with Crippen molar-refractivity contribution in [3.63, 3.8) is 0 Å². The molecule has 20 heavy (non-hydrogen) atoms. The number of aryl methyl sites for hydroxylation is 1. The minimum atomic E-state index is 0.0626. The summed E-state index contributed by atoms with van der Waals surface area (Å²) in [6.07, 6.45) is 0.852. The van der Waals surface area contributed by atoms with Crippen LogP contribution in [-0.2, 0) is 4.79 Å². The van der Waals surface area contributed by atoms with Gasteiger partial charge in [0, 0.05) is 22.6 Å². The summed E-state index contributed by atoms with van der Waals surface area (Å²) in [4.78, 5) is 16.1. The highest BCUT2D eigenvalue weighted by molar-refractivity contribution is 7.13. The van der Waals surface area contributed by atoms with E-state index in [1.807, 2.05) is 50.4 Å². The van der Waals surface area contributed by atoms with Crippen molar-refractivity contribution in [1.29, 1.82) is 0 Å². The molecule has 0 saturated heterocycles. The van der Waals surface area contributed by atoms with Crippen LogP contribution in [0.4, 0.5) is 0 Å². The fraction of sp³-hybridized carbons (Fsp3) is 0.375. The third kappa shape index (κ3) is 3.67. The van der Waals surface area contributed by atoms with Crippen LogP contribution in [0.2, 0.25) is 0 Å². The molecule has 1 aromatic heterocycles. The van der Waals surface area contributed by atoms with Gasteiger partial charge in [-0.2, -0.15) is 0 Å². The van der Waals surface area contributed by atoms with E-state index in [1.54, 1.807) is 11.3 Å². The first-order valence-corrected chi connectivity index (χ1v) is 7.66. The molecule has 106 valence electrons. The molecule has 1 heterocycles. The van der Waals surface area contributed by atoms with Crippen molar-refractivity contribution >= 4 is 17.1 Å². The van der Waals surface area contributed by atoms with Crippen LogP contribution in [0.1, 0.15) is 26.0 Å². The van der Waals surface area contributed by atoms with Gasteiger partial charge in [-0.1, -0.05) is 13.8 Å². The Kier molecular flexibility index (Phi) is 4.90. The van der Waals surface area contributed by atoms with Crippen molar-refractivity contribution in [2.75, 3.05) is 6.61 Å². The Bertz CT molecular complexity index is 574. The number of thiazole rings is 1. The molecule has 0 aliphatic carbocycles. The summed E-state index contributed by atoms with van der Waals surface area (Å²) in [5.41, 5.74) is 2.10. The molecule has 0 bridgehead atoms. The maximum absolute atomic E-state index is 11.7. The Balaban J connectivity index is 1.97. The minimum Gasteiger partial charge on any atom is -0.486 e. The summed E-state index contributed by atoms with van der Waals surface area (Å²) < 4.78 is 5.52. The number of aromatic nitrogens is 1. The number of hydrogen-bond acceptors (Lipinski definition) is 4. The van der Waals surface area contributed by atoms with Gasteiger partial charge < -0.3 is 4.74 Å². The van der Waals surface area contributed by atoms with E-state index in [2.05, 4.69) is 4.98 Å². The molecule has 0 spiro atoms. The standard InChI is InChI=1S/C16H19NO2S/c1-4-11(2)15(18)9-19-14-7-5-13(6-8-14)16-17-12(3)10-20-16/h5-8,10-11H,4,9H2,1-3H3.